The minimum Gasteiger partial charge on any atom is -0.368 e. The van der Waals surface area contributed by atoms with Gasteiger partial charge < -0.3 is 15.0 Å². The molecule has 1 N–H and O–H groups in total. The van der Waals surface area contributed by atoms with E-state index < -0.39 is 0 Å². The normalized spacial score (nSPS) is 26.1. The van der Waals surface area contributed by atoms with Crippen LogP contribution in [0.2, 0.25) is 0 Å². The summed E-state index contributed by atoms with van der Waals surface area (Å²) in [5.74, 6) is 0.233. The lowest BCUT2D eigenvalue weighted by Gasteiger charge is -2.35. The summed E-state index contributed by atoms with van der Waals surface area (Å²) in [5, 5.41) is 3.35. The van der Waals surface area contributed by atoms with E-state index in [1.54, 1.807) is 0 Å². The summed E-state index contributed by atoms with van der Waals surface area (Å²) in [5.41, 5.74) is 0. The monoisotopic (exact) mass is 240 g/mol. The number of amides is 1. The highest BCUT2D eigenvalue weighted by Gasteiger charge is 2.32. The van der Waals surface area contributed by atoms with Crippen molar-refractivity contribution in [1.82, 2.24) is 10.2 Å². The molecule has 2 rings (SSSR count). The second-order valence-electron chi connectivity index (χ2n) is 5.01. The lowest BCUT2D eigenvalue weighted by atomic mass is 10.0. The lowest BCUT2D eigenvalue weighted by molar-refractivity contribution is -0.144. The minimum absolute atomic E-state index is 0.156. The summed E-state index contributed by atoms with van der Waals surface area (Å²) in [4.78, 5) is 14.5. The van der Waals surface area contributed by atoms with Gasteiger partial charge in [0.1, 0.15) is 6.10 Å². The molecule has 0 radical (unpaired) electrons. The van der Waals surface area contributed by atoms with Gasteiger partial charge in [-0.1, -0.05) is 6.92 Å². The Kier molecular flexibility index (Phi) is 4.80. The molecule has 4 nitrogen and oxygen atoms in total. The van der Waals surface area contributed by atoms with Crippen LogP contribution in [0.1, 0.15) is 39.0 Å². The van der Waals surface area contributed by atoms with Gasteiger partial charge in [-0.3, -0.25) is 4.79 Å². The molecule has 0 unspecified atom stereocenters. The van der Waals surface area contributed by atoms with E-state index >= 15 is 0 Å². The summed E-state index contributed by atoms with van der Waals surface area (Å²) in [6.45, 7) is 5.83. The number of hydrogen-bond acceptors (Lipinski definition) is 3. The summed E-state index contributed by atoms with van der Waals surface area (Å²) in [6, 6.07) is 0.424. The molecule has 2 heterocycles. The molecule has 0 aromatic carbocycles. The van der Waals surface area contributed by atoms with Crippen LogP contribution in [0.5, 0.6) is 0 Å². The summed E-state index contributed by atoms with van der Waals surface area (Å²) in [7, 11) is 0. The predicted octanol–water partition coefficient (Wildman–Crippen LogP) is 1.16. The third-order valence-corrected chi connectivity index (χ3v) is 3.70. The van der Waals surface area contributed by atoms with E-state index in [2.05, 4.69) is 17.1 Å². The molecule has 17 heavy (non-hydrogen) atoms. The number of piperidine rings is 1. The Morgan fingerprint density at radius 1 is 1.35 bits per heavy atom. The number of hydrogen-bond donors (Lipinski definition) is 1. The summed E-state index contributed by atoms with van der Waals surface area (Å²) >= 11 is 0. The van der Waals surface area contributed by atoms with Crippen LogP contribution in [0, 0.1) is 0 Å². The Morgan fingerprint density at radius 2 is 2.12 bits per heavy atom. The molecule has 2 fully saturated rings. The van der Waals surface area contributed by atoms with Gasteiger partial charge in [-0.2, -0.15) is 0 Å². The van der Waals surface area contributed by atoms with Gasteiger partial charge in [-0.15, -0.1) is 0 Å². The van der Waals surface area contributed by atoms with Crippen LogP contribution < -0.4 is 5.32 Å². The highest BCUT2D eigenvalue weighted by Crippen LogP contribution is 2.19. The zero-order valence-corrected chi connectivity index (χ0v) is 10.8. The molecule has 0 spiro atoms. The van der Waals surface area contributed by atoms with Crippen molar-refractivity contribution in [2.45, 2.75) is 51.2 Å². The van der Waals surface area contributed by atoms with E-state index in [4.69, 9.17) is 4.74 Å². The number of nitrogens with zero attached hydrogens (tertiary/aromatic N) is 1. The van der Waals surface area contributed by atoms with Crippen molar-refractivity contribution in [2.24, 2.45) is 0 Å². The highest BCUT2D eigenvalue weighted by molar-refractivity contribution is 5.81. The van der Waals surface area contributed by atoms with E-state index in [0.717, 1.165) is 58.3 Å². The topological polar surface area (TPSA) is 41.6 Å². The number of rotatable bonds is 4. The van der Waals surface area contributed by atoms with Crippen LogP contribution in [0.15, 0.2) is 0 Å². The second kappa shape index (κ2) is 6.36. The van der Waals surface area contributed by atoms with E-state index in [9.17, 15) is 4.79 Å². The van der Waals surface area contributed by atoms with Gasteiger partial charge in [-0.25, -0.2) is 0 Å². The fourth-order valence-corrected chi connectivity index (χ4v) is 2.79. The molecule has 0 aromatic rings. The molecule has 0 saturated carbocycles. The third kappa shape index (κ3) is 3.19. The van der Waals surface area contributed by atoms with E-state index in [1.807, 2.05) is 0 Å². The molecule has 1 amide bonds. The number of ether oxygens (including phenoxy) is 1. The standard InChI is InChI=1S/C13H24N2O2/c1-2-9-15(11-5-7-14-8-6-11)13(16)12-4-3-10-17-12/h11-12,14H,2-10H2,1H3/t12-/m1/s1. The first-order valence-corrected chi connectivity index (χ1v) is 6.95. The Hall–Kier alpha value is -0.610. The Bertz CT molecular complexity index is 246. The lowest BCUT2D eigenvalue weighted by Crippen LogP contribution is -2.49. The van der Waals surface area contributed by atoms with Crippen molar-refractivity contribution in [1.29, 1.82) is 0 Å². The zero-order valence-electron chi connectivity index (χ0n) is 10.8. The van der Waals surface area contributed by atoms with Crippen molar-refractivity contribution in [3.63, 3.8) is 0 Å². The van der Waals surface area contributed by atoms with Gasteiger partial charge >= 0.3 is 0 Å². The molecule has 2 saturated heterocycles. The van der Waals surface area contributed by atoms with E-state index in [-0.39, 0.29) is 12.0 Å². The summed E-state index contributed by atoms with van der Waals surface area (Å²) in [6.07, 6.45) is 4.97. The Balaban J connectivity index is 1.96. The molecular formula is C13H24N2O2. The molecule has 0 bridgehead atoms. The van der Waals surface area contributed by atoms with Gasteiger partial charge in [-0.05, 0) is 45.2 Å². The van der Waals surface area contributed by atoms with E-state index in [1.165, 1.54) is 0 Å². The van der Waals surface area contributed by atoms with Crippen LogP contribution in [-0.2, 0) is 9.53 Å². The SMILES string of the molecule is CCCN(C(=O)[C@H]1CCCO1)C1CCNCC1. The van der Waals surface area contributed by atoms with Gasteiger partial charge in [0.05, 0.1) is 0 Å². The maximum Gasteiger partial charge on any atom is 0.251 e. The quantitative estimate of drug-likeness (QED) is 0.801. The molecule has 1 atom stereocenters. The highest BCUT2D eigenvalue weighted by atomic mass is 16.5. The van der Waals surface area contributed by atoms with Crippen molar-refractivity contribution in [2.75, 3.05) is 26.2 Å². The predicted molar refractivity (Wildman–Crippen MR) is 66.9 cm³/mol. The zero-order chi connectivity index (χ0) is 12.1. The molecule has 4 heteroatoms. The third-order valence-electron chi connectivity index (χ3n) is 3.70. The number of carbonyl (C=O) groups excluding carboxylic acids is 1. The fourth-order valence-electron chi connectivity index (χ4n) is 2.79. The first-order valence-electron chi connectivity index (χ1n) is 6.95. The average molecular weight is 240 g/mol. The van der Waals surface area contributed by atoms with Crippen LogP contribution in [-0.4, -0.2) is 49.2 Å². The van der Waals surface area contributed by atoms with Crippen LogP contribution >= 0.6 is 0 Å². The van der Waals surface area contributed by atoms with Gasteiger partial charge in [0.15, 0.2) is 0 Å². The van der Waals surface area contributed by atoms with Crippen molar-refractivity contribution in [3.8, 4) is 0 Å². The second-order valence-corrected chi connectivity index (χ2v) is 5.01. The largest absolute Gasteiger partial charge is 0.368 e. The molecule has 0 aliphatic carbocycles. The molecule has 0 aromatic heterocycles. The minimum atomic E-state index is -0.156. The van der Waals surface area contributed by atoms with E-state index in [0.29, 0.717) is 6.04 Å². The number of nitrogens with one attached hydrogen (secondary N) is 1. The molecule has 98 valence electrons. The first-order chi connectivity index (χ1) is 8.33. The maximum absolute atomic E-state index is 12.4. The smallest absolute Gasteiger partial charge is 0.251 e. The maximum atomic E-state index is 12.4. The molecule has 2 aliphatic rings. The molecular weight excluding hydrogens is 216 g/mol. The van der Waals surface area contributed by atoms with Crippen LogP contribution in [0.3, 0.4) is 0 Å². The fraction of sp³-hybridized carbons (Fsp3) is 0.923. The first kappa shape index (κ1) is 12.8. The van der Waals surface area contributed by atoms with Gasteiger partial charge in [0, 0.05) is 19.2 Å². The number of carbonyl (C=O) groups is 1. The van der Waals surface area contributed by atoms with Crippen LogP contribution in [0.25, 0.3) is 0 Å². The Morgan fingerprint density at radius 3 is 2.71 bits per heavy atom. The van der Waals surface area contributed by atoms with Crippen LogP contribution in [0.4, 0.5) is 0 Å². The average Bonchev–Trinajstić information content (AvgIpc) is 2.90. The van der Waals surface area contributed by atoms with Crippen molar-refractivity contribution >= 4 is 5.91 Å². The van der Waals surface area contributed by atoms with Gasteiger partial charge in [0.2, 0.25) is 0 Å². The Labute approximate surface area is 104 Å². The van der Waals surface area contributed by atoms with Crippen molar-refractivity contribution in [3.05, 3.63) is 0 Å². The molecule has 2 aliphatic heterocycles. The van der Waals surface area contributed by atoms with Gasteiger partial charge in [0.25, 0.3) is 5.91 Å². The van der Waals surface area contributed by atoms with Crippen molar-refractivity contribution < 1.29 is 9.53 Å². The summed E-state index contributed by atoms with van der Waals surface area (Å²) < 4.78 is 5.53.